The fourth-order valence-electron chi connectivity index (χ4n) is 1.85. The molecule has 0 aliphatic rings. The second-order valence-electron chi connectivity index (χ2n) is 4.33. The molecule has 2 rings (SSSR count). The van der Waals surface area contributed by atoms with E-state index in [9.17, 15) is 14.5 Å². The van der Waals surface area contributed by atoms with E-state index in [1.807, 2.05) is 6.92 Å². The second-order valence-corrected chi connectivity index (χ2v) is 4.74. The number of anilines is 1. The Morgan fingerprint density at radius 2 is 2.10 bits per heavy atom. The quantitative estimate of drug-likeness (QED) is 0.675. The summed E-state index contributed by atoms with van der Waals surface area (Å²) in [5.74, 6) is -0.412. The van der Waals surface area contributed by atoms with E-state index in [2.05, 4.69) is 5.32 Å². The molecule has 0 heterocycles. The molecule has 0 spiro atoms. The van der Waals surface area contributed by atoms with Gasteiger partial charge in [-0.25, -0.2) is 4.39 Å². The van der Waals surface area contributed by atoms with Gasteiger partial charge in [-0.15, -0.1) is 0 Å². The highest BCUT2D eigenvalue weighted by atomic mass is 35.5. The lowest BCUT2D eigenvalue weighted by atomic mass is 10.1. The van der Waals surface area contributed by atoms with Crippen molar-refractivity contribution in [2.45, 2.75) is 13.5 Å². The van der Waals surface area contributed by atoms with E-state index < -0.39 is 10.7 Å². The molecule has 0 bridgehead atoms. The molecule has 0 radical (unpaired) electrons. The molecule has 0 fully saturated rings. The Labute approximate surface area is 120 Å². The molecule has 0 saturated heterocycles. The molecule has 0 atom stereocenters. The van der Waals surface area contributed by atoms with Gasteiger partial charge in [0.25, 0.3) is 5.69 Å². The molecule has 6 heteroatoms. The summed E-state index contributed by atoms with van der Waals surface area (Å²) >= 11 is 5.97. The van der Waals surface area contributed by atoms with E-state index in [0.29, 0.717) is 11.3 Å². The van der Waals surface area contributed by atoms with Crippen LogP contribution >= 0.6 is 11.6 Å². The van der Waals surface area contributed by atoms with Gasteiger partial charge in [-0.2, -0.15) is 0 Å². The van der Waals surface area contributed by atoms with Crippen LogP contribution in [0.1, 0.15) is 11.1 Å². The van der Waals surface area contributed by atoms with Gasteiger partial charge < -0.3 is 5.32 Å². The summed E-state index contributed by atoms with van der Waals surface area (Å²) in [5.41, 5.74) is 1.43. The second kappa shape index (κ2) is 5.88. The van der Waals surface area contributed by atoms with Crippen LogP contribution < -0.4 is 5.32 Å². The van der Waals surface area contributed by atoms with Crippen molar-refractivity contribution in [3.63, 3.8) is 0 Å². The van der Waals surface area contributed by atoms with Crippen LogP contribution in [-0.4, -0.2) is 4.92 Å². The van der Waals surface area contributed by atoms with E-state index in [-0.39, 0.29) is 17.3 Å². The molecule has 0 saturated carbocycles. The minimum Gasteiger partial charge on any atom is -0.378 e. The largest absolute Gasteiger partial charge is 0.378 e. The minimum absolute atomic E-state index is 0.0797. The summed E-state index contributed by atoms with van der Waals surface area (Å²) in [6.45, 7) is 1.92. The average molecular weight is 295 g/mol. The molecule has 0 aliphatic heterocycles. The maximum atomic E-state index is 13.6. The van der Waals surface area contributed by atoms with Gasteiger partial charge in [0.05, 0.1) is 21.2 Å². The lowest BCUT2D eigenvalue weighted by molar-refractivity contribution is -0.385. The van der Waals surface area contributed by atoms with Gasteiger partial charge in [0, 0.05) is 12.6 Å². The molecular formula is C14H12ClFN2O2. The number of nitrogens with zero attached hydrogens (tertiary/aromatic N) is 1. The molecule has 1 N–H and O–H groups in total. The third-order valence-corrected chi connectivity index (χ3v) is 3.22. The van der Waals surface area contributed by atoms with Crippen LogP contribution in [0.4, 0.5) is 15.8 Å². The van der Waals surface area contributed by atoms with Crippen LogP contribution in [0.15, 0.2) is 36.4 Å². The monoisotopic (exact) mass is 294 g/mol. The molecular weight excluding hydrogens is 283 g/mol. The molecule has 0 amide bonds. The zero-order valence-corrected chi connectivity index (χ0v) is 11.4. The van der Waals surface area contributed by atoms with Crippen LogP contribution in [0.3, 0.4) is 0 Å². The van der Waals surface area contributed by atoms with Crippen molar-refractivity contribution >= 4 is 23.0 Å². The van der Waals surface area contributed by atoms with Crippen molar-refractivity contribution in [3.05, 3.63) is 68.5 Å². The fraction of sp³-hybridized carbons (Fsp3) is 0.143. The summed E-state index contributed by atoms with van der Waals surface area (Å²) in [5, 5.41) is 14.1. The first-order valence-corrected chi connectivity index (χ1v) is 6.28. The van der Waals surface area contributed by atoms with E-state index in [4.69, 9.17) is 11.6 Å². The van der Waals surface area contributed by atoms with Crippen molar-refractivity contribution in [1.29, 1.82) is 0 Å². The molecule has 0 aliphatic carbocycles. The fourth-order valence-corrected chi connectivity index (χ4v) is 2.09. The summed E-state index contributed by atoms with van der Waals surface area (Å²) in [7, 11) is 0. The Hall–Kier alpha value is -2.14. The lowest BCUT2D eigenvalue weighted by Gasteiger charge is -2.10. The van der Waals surface area contributed by atoms with Crippen LogP contribution in [-0.2, 0) is 6.54 Å². The van der Waals surface area contributed by atoms with E-state index in [0.717, 1.165) is 5.56 Å². The molecule has 2 aromatic rings. The van der Waals surface area contributed by atoms with Gasteiger partial charge >= 0.3 is 0 Å². The summed E-state index contributed by atoms with van der Waals surface area (Å²) < 4.78 is 13.6. The van der Waals surface area contributed by atoms with Gasteiger partial charge in [0.2, 0.25) is 0 Å². The first-order chi connectivity index (χ1) is 9.49. The number of hydrogen-bond acceptors (Lipinski definition) is 3. The normalized spacial score (nSPS) is 10.3. The van der Waals surface area contributed by atoms with E-state index >= 15 is 0 Å². The zero-order valence-electron chi connectivity index (χ0n) is 10.7. The predicted molar refractivity (Wildman–Crippen MR) is 76.6 cm³/mol. The van der Waals surface area contributed by atoms with Crippen LogP contribution in [0.25, 0.3) is 0 Å². The number of benzene rings is 2. The predicted octanol–water partition coefficient (Wildman–Crippen LogP) is 4.31. The van der Waals surface area contributed by atoms with Crippen molar-refractivity contribution in [2.24, 2.45) is 0 Å². The SMILES string of the molecule is Cc1ccc(F)c(NCc2c(Cl)cccc2[N+](=O)[O-])c1. The van der Waals surface area contributed by atoms with Gasteiger partial charge in [0.1, 0.15) is 5.82 Å². The third-order valence-electron chi connectivity index (χ3n) is 2.87. The maximum Gasteiger partial charge on any atom is 0.275 e. The smallest absolute Gasteiger partial charge is 0.275 e. The van der Waals surface area contributed by atoms with E-state index in [1.54, 1.807) is 18.2 Å². The Balaban J connectivity index is 2.27. The Morgan fingerprint density at radius 1 is 1.35 bits per heavy atom. The Morgan fingerprint density at radius 3 is 2.80 bits per heavy atom. The number of aryl methyl sites for hydroxylation is 1. The minimum atomic E-state index is -0.504. The number of nitrogens with one attached hydrogen (secondary N) is 1. The van der Waals surface area contributed by atoms with Crippen molar-refractivity contribution in [2.75, 3.05) is 5.32 Å². The Bertz CT molecular complexity index is 662. The number of nitro groups is 1. The third kappa shape index (κ3) is 3.05. The van der Waals surface area contributed by atoms with E-state index in [1.165, 1.54) is 18.2 Å². The molecule has 0 unspecified atom stereocenters. The number of nitro benzene ring substituents is 1. The molecule has 20 heavy (non-hydrogen) atoms. The highest BCUT2D eigenvalue weighted by Crippen LogP contribution is 2.27. The van der Waals surface area contributed by atoms with Crippen molar-refractivity contribution in [3.8, 4) is 0 Å². The van der Waals surface area contributed by atoms with Crippen LogP contribution in [0.2, 0.25) is 5.02 Å². The van der Waals surface area contributed by atoms with Crippen LogP contribution in [0.5, 0.6) is 0 Å². The Kier molecular flexibility index (Phi) is 4.20. The van der Waals surface area contributed by atoms with Crippen molar-refractivity contribution < 1.29 is 9.31 Å². The number of hydrogen-bond donors (Lipinski definition) is 1. The lowest BCUT2D eigenvalue weighted by Crippen LogP contribution is -2.05. The first kappa shape index (κ1) is 14.3. The molecule has 4 nitrogen and oxygen atoms in total. The summed E-state index contributed by atoms with van der Waals surface area (Å²) in [4.78, 5) is 10.4. The topological polar surface area (TPSA) is 55.2 Å². The maximum absolute atomic E-state index is 13.6. The first-order valence-electron chi connectivity index (χ1n) is 5.91. The summed E-state index contributed by atoms with van der Waals surface area (Å²) in [6.07, 6.45) is 0. The van der Waals surface area contributed by atoms with Crippen molar-refractivity contribution in [1.82, 2.24) is 0 Å². The molecule has 104 valence electrons. The van der Waals surface area contributed by atoms with Gasteiger partial charge in [-0.3, -0.25) is 10.1 Å². The van der Waals surface area contributed by atoms with Gasteiger partial charge in [0.15, 0.2) is 0 Å². The van der Waals surface area contributed by atoms with Gasteiger partial charge in [-0.05, 0) is 30.7 Å². The molecule has 0 aromatic heterocycles. The standard InChI is InChI=1S/C14H12ClFN2O2/c1-9-5-6-12(16)13(7-9)17-8-10-11(15)3-2-4-14(10)18(19)20/h2-7,17H,8H2,1H3. The number of halogens is 2. The highest BCUT2D eigenvalue weighted by molar-refractivity contribution is 6.31. The average Bonchev–Trinajstić information content (AvgIpc) is 2.40. The zero-order chi connectivity index (χ0) is 14.7. The molecule has 2 aromatic carbocycles. The van der Waals surface area contributed by atoms with Gasteiger partial charge in [-0.1, -0.05) is 23.7 Å². The summed E-state index contributed by atoms with van der Waals surface area (Å²) in [6, 6.07) is 9.08. The van der Waals surface area contributed by atoms with Crippen LogP contribution in [0, 0.1) is 22.9 Å². The number of rotatable bonds is 4. The highest BCUT2D eigenvalue weighted by Gasteiger charge is 2.16.